The van der Waals surface area contributed by atoms with Crippen molar-refractivity contribution in [1.29, 1.82) is 0 Å². The summed E-state index contributed by atoms with van der Waals surface area (Å²) in [6.45, 7) is 4.13. The van der Waals surface area contributed by atoms with Crippen LogP contribution in [0.1, 0.15) is 11.1 Å². The lowest BCUT2D eigenvalue weighted by Gasteiger charge is -2.37. The van der Waals surface area contributed by atoms with E-state index >= 15 is 0 Å². The van der Waals surface area contributed by atoms with Crippen molar-refractivity contribution >= 4 is 17.5 Å². The maximum absolute atomic E-state index is 12.7. The highest BCUT2D eigenvalue weighted by atomic mass is 16.5. The molecule has 8 nitrogen and oxygen atoms in total. The van der Waals surface area contributed by atoms with Crippen LogP contribution in [0.15, 0.2) is 78.9 Å². The molecular weight excluding hydrogens is 458 g/mol. The first kappa shape index (κ1) is 25.2. The average Bonchev–Trinajstić information content (AvgIpc) is 2.92. The number of anilines is 1. The van der Waals surface area contributed by atoms with Crippen molar-refractivity contribution in [3.05, 3.63) is 90.0 Å². The van der Waals surface area contributed by atoms with Crippen molar-refractivity contribution in [3.63, 3.8) is 0 Å². The molecule has 3 N–H and O–H groups in total. The molecule has 4 rings (SSSR count). The van der Waals surface area contributed by atoms with Gasteiger partial charge in [-0.05, 0) is 54.4 Å². The van der Waals surface area contributed by atoms with Crippen LogP contribution in [0.3, 0.4) is 0 Å². The maximum atomic E-state index is 12.7. The first-order valence-electron chi connectivity index (χ1n) is 12.0. The van der Waals surface area contributed by atoms with Crippen LogP contribution < -0.4 is 15.0 Å². The fourth-order valence-corrected chi connectivity index (χ4v) is 4.07. The van der Waals surface area contributed by atoms with Gasteiger partial charge in [-0.25, -0.2) is 0 Å². The molecule has 0 spiro atoms. The summed E-state index contributed by atoms with van der Waals surface area (Å²) < 4.78 is 5.82. The first-order chi connectivity index (χ1) is 17.4. The van der Waals surface area contributed by atoms with Crippen LogP contribution in [-0.4, -0.2) is 65.3 Å². The summed E-state index contributed by atoms with van der Waals surface area (Å²) in [5.74, 6) is -0.0646. The fourth-order valence-electron chi connectivity index (χ4n) is 4.07. The molecular formula is C28H31N3O5. The third-order valence-corrected chi connectivity index (χ3v) is 6.15. The number of carbonyl (C=O) groups excluding carboxylic acids is 2. The number of amides is 2. The van der Waals surface area contributed by atoms with E-state index in [1.165, 1.54) is 4.90 Å². The van der Waals surface area contributed by atoms with Crippen molar-refractivity contribution in [2.75, 3.05) is 31.1 Å². The Kier molecular flexibility index (Phi) is 8.20. The molecule has 1 saturated heterocycles. The zero-order chi connectivity index (χ0) is 25.5. The van der Waals surface area contributed by atoms with Crippen LogP contribution in [0.2, 0.25) is 0 Å². The summed E-state index contributed by atoms with van der Waals surface area (Å²) in [5.41, 5.74) is 2.95. The zero-order valence-corrected chi connectivity index (χ0v) is 20.2. The van der Waals surface area contributed by atoms with E-state index in [1.54, 1.807) is 24.3 Å². The van der Waals surface area contributed by atoms with Crippen LogP contribution in [0.5, 0.6) is 11.5 Å². The van der Waals surface area contributed by atoms with Gasteiger partial charge >= 0.3 is 0 Å². The van der Waals surface area contributed by atoms with Gasteiger partial charge < -0.3 is 30.1 Å². The predicted octanol–water partition coefficient (Wildman–Crippen LogP) is 2.47. The quantitative estimate of drug-likeness (QED) is 0.449. The molecule has 0 unspecified atom stereocenters. The molecule has 0 bridgehead atoms. The van der Waals surface area contributed by atoms with Gasteiger partial charge in [0.05, 0.1) is 0 Å². The van der Waals surface area contributed by atoms with Gasteiger partial charge in [0.2, 0.25) is 0 Å². The highest BCUT2D eigenvalue weighted by molar-refractivity contribution is 5.90. The molecule has 0 saturated carbocycles. The molecule has 1 fully saturated rings. The Hall–Kier alpha value is -3.88. The molecule has 2 atom stereocenters. The minimum absolute atomic E-state index is 0.136. The summed E-state index contributed by atoms with van der Waals surface area (Å²) in [6, 6.07) is 24.8. The van der Waals surface area contributed by atoms with Gasteiger partial charge in [-0.3, -0.25) is 9.59 Å². The largest absolute Gasteiger partial charge is 0.457 e. The van der Waals surface area contributed by atoms with Crippen LogP contribution in [0, 0.1) is 6.92 Å². The van der Waals surface area contributed by atoms with E-state index in [1.807, 2.05) is 61.5 Å². The number of carbonyl (C=O) groups is 2. The number of para-hydroxylation sites is 1. The topological polar surface area (TPSA) is 102 Å². The number of ether oxygens (including phenoxy) is 1. The average molecular weight is 490 g/mol. The Labute approximate surface area is 210 Å². The standard InChI is InChI=1S/C28H31N3O5/c1-20-6-5-9-24(18-20)36-23-12-10-21(11-13-23)19-29-27(34)25(32)26(33)28(35)31-16-14-30(15-17-31)22-7-3-2-4-8-22/h2-13,18,25-26,32-33H,14-17,19H2,1H3,(H,29,34)/t25-,26-/m1/s1. The van der Waals surface area contributed by atoms with Crippen molar-refractivity contribution in [1.82, 2.24) is 10.2 Å². The number of hydrogen-bond donors (Lipinski definition) is 3. The number of aryl methyl sites for hydroxylation is 1. The molecule has 2 amide bonds. The number of nitrogens with one attached hydrogen (secondary N) is 1. The molecule has 36 heavy (non-hydrogen) atoms. The Bertz CT molecular complexity index is 1160. The molecule has 3 aromatic rings. The van der Waals surface area contributed by atoms with Gasteiger partial charge in [-0.1, -0.05) is 42.5 Å². The lowest BCUT2D eigenvalue weighted by Crippen LogP contribution is -2.55. The third kappa shape index (κ3) is 6.41. The van der Waals surface area contributed by atoms with Gasteiger partial charge in [0.25, 0.3) is 11.8 Å². The lowest BCUT2D eigenvalue weighted by molar-refractivity contribution is -0.153. The van der Waals surface area contributed by atoms with E-state index in [0.717, 1.165) is 22.6 Å². The molecule has 3 aromatic carbocycles. The summed E-state index contributed by atoms with van der Waals surface area (Å²) in [7, 11) is 0. The van der Waals surface area contributed by atoms with Crippen LogP contribution in [-0.2, 0) is 16.1 Å². The summed E-state index contributed by atoms with van der Waals surface area (Å²) in [6.07, 6.45) is -3.67. The molecule has 1 aliphatic heterocycles. The van der Waals surface area contributed by atoms with Crippen molar-refractivity contribution in [3.8, 4) is 11.5 Å². The molecule has 0 aliphatic carbocycles. The smallest absolute Gasteiger partial charge is 0.254 e. The third-order valence-electron chi connectivity index (χ3n) is 6.15. The monoisotopic (exact) mass is 489 g/mol. The second-order valence-electron chi connectivity index (χ2n) is 8.82. The Morgan fingerprint density at radius 1 is 0.861 bits per heavy atom. The van der Waals surface area contributed by atoms with Crippen molar-refractivity contribution in [2.45, 2.75) is 25.7 Å². The van der Waals surface area contributed by atoms with Gasteiger partial charge in [0.1, 0.15) is 11.5 Å². The molecule has 1 aliphatic rings. The minimum atomic E-state index is -1.85. The first-order valence-corrected chi connectivity index (χ1v) is 12.0. The Balaban J connectivity index is 1.23. The zero-order valence-electron chi connectivity index (χ0n) is 20.2. The molecule has 0 radical (unpaired) electrons. The highest BCUT2D eigenvalue weighted by Crippen LogP contribution is 2.22. The van der Waals surface area contributed by atoms with E-state index in [-0.39, 0.29) is 6.54 Å². The van der Waals surface area contributed by atoms with E-state index in [2.05, 4.69) is 10.2 Å². The van der Waals surface area contributed by atoms with Crippen molar-refractivity contribution < 1.29 is 24.5 Å². The van der Waals surface area contributed by atoms with Crippen molar-refractivity contribution in [2.24, 2.45) is 0 Å². The summed E-state index contributed by atoms with van der Waals surface area (Å²) >= 11 is 0. The molecule has 1 heterocycles. The Morgan fingerprint density at radius 2 is 1.56 bits per heavy atom. The normalized spacial score (nSPS) is 15.2. The SMILES string of the molecule is Cc1cccc(Oc2ccc(CNC(=O)[C@H](O)[C@@H](O)C(=O)N3CCN(c4ccccc4)CC3)cc2)c1. The van der Waals surface area contributed by atoms with E-state index in [4.69, 9.17) is 4.74 Å². The van der Waals surface area contributed by atoms with Gasteiger partial charge in [-0.2, -0.15) is 0 Å². The second-order valence-corrected chi connectivity index (χ2v) is 8.82. The second kappa shape index (κ2) is 11.7. The summed E-state index contributed by atoms with van der Waals surface area (Å²) in [4.78, 5) is 28.7. The van der Waals surface area contributed by atoms with Crippen LogP contribution >= 0.6 is 0 Å². The predicted molar refractivity (Wildman–Crippen MR) is 137 cm³/mol. The number of rotatable bonds is 8. The lowest BCUT2D eigenvalue weighted by atomic mass is 10.1. The molecule has 0 aromatic heterocycles. The number of aliphatic hydroxyl groups is 2. The Morgan fingerprint density at radius 3 is 2.22 bits per heavy atom. The van der Waals surface area contributed by atoms with Gasteiger partial charge in [0, 0.05) is 38.4 Å². The van der Waals surface area contributed by atoms with Crippen LogP contribution in [0.25, 0.3) is 0 Å². The number of hydrogen-bond acceptors (Lipinski definition) is 6. The molecule has 188 valence electrons. The minimum Gasteiger partial charge on any atom is -0.457 e. The highest BCUT2D eigenvalue weighted by Gasteiger charge is 2.34. The summed E-state index contributed by atoms with van der Waals surface area (Å²) in [5, 5.41) is 23.2. The number of aliphatic hydroxyl groups excluding tert-OH is 2. The van der Waals surface area contributed by atoms with E-state index in [9.17, 15) is 19.8 Å². The van der Waals surface area contributed by atoms with Gasteiger partial charge in [-0.15, -0.1) is 0 Å². The number of piperazine rings is 1. The maximum Gasteiger partial charge on any atom is 0.254 e. The van der Waals surface area contributed by atoms with E-state index < -0.39 is 24.0 Å². The van der Waals surface area contributed by atoms with E-state index in [0.29, 0.717) is 31.9 Å². The van der Waals surface area contributed by atoms with Gasteiger partial charge in [0.15, 0.2) is 12.2 Å². The fraction of sp³-hybridized carbons (Fsp3) is 0.286. The number of benzene rings is 3. The molecule has 8 heteroatoms. The number of nitrogens with zero attached hydrogens (tertiary/aromatic N) is 2. The van der Waals surface area contributed by atoms with Crippen LogP contribution in [0.4, 0.5) is 5.69 Å².